The highest BCUT2D eigenvalue weighted by molar-refractivity contribution is 7.09. The molecule has 1 aliphatic heterocycles. The molecule has 11 nitrogen and oxygen atoms in total. The molecule has 194 valence electrons. The van der Waals surface area contributed by atoms with Crippen LogP contribution in [0.15, 0.2) is 42.5 Å². The fourth-order valence-electron chi connectivity index (χ4n) is 3.74. The Morgan fingerprint density at radius 2 is 1.86 bits per heavy atom. The van der Waals surface area contributed by atoms with Crippen LogP contribution in [0.4, 0.5) is 15.8 Å². The molecule has 3 aromatic rings. The number of carbonyl (C=O) groups is 3. The maximum atomic E-state index is 14.0. The van der Waals surface area contributed by atoms with E-state index in [-0.39, 0.29) is 35.1 Å². The highest BCUT2D eigenvalue weighted by atomic mass is 32.1. The van der Waals surface area contributed by atoms with Crippen molar-refractivity contribution in [1.82, 2.24) is 9.69 Å². The first kappa shape index (κ1) is 25.9. The lowest BCUT2D eigenvalue weighted by molar-refractivity contribution is -0.122. The number of primary amides is 1. The van der Waals surface area contributed by atoms with Gasteiger partial charge in [-0.3, -0.25) is 19.3 Å². The van der Waals surface area contributed by atoms with Crippen LogP contribution in [-0.4, -0.2) is 55.6 Å². The number of nitrogens with one attached hydrogen (secondary N) is 1. The van der Waals surface area contributed by atoms with Gasteiger partial charge in [-0.05, 0) is 41.4 Å². The van der Waals surface area contributed by atoms with Crippen LogP contribution in [0, 0.1) is 5.82 Å². The van der Waals surface area contributed by atoms with Crippen molar-refractivity contribution in [3.8, 4) is 11.5 Å². The minimum Gasteiger partial charge on any atom is -0.486 e. The van der Waals surface area contributed by atoms with Gasteiger partial charge in [0.2, 0.25) is 5.91 Å². The third-order valence-corrected chi connectivity index (χ3v) is 6.33. The van der Waals surface area contributed by atoms with E-state index >= 15 is 0 Å². The zero-order chi connectivity index (χ0) is 26.5. The fourth-order valence-corrected chi connectivity index (χ4v) is 4.48. The van der Waals surface area contributed by atoms with Crippen LogP contribution in [0.5, 0.6) is 11.5 Å². The Hall–Kier alpha value is -4.23. The number of anilines is 2. The summed E-state index contributed by atoms with van der Waals surface area (Å²) in [6.07, 6.45) is 0. The van der Waals surface area contributed by atoms with Crippen molar-refractivity contribution in [2.75, 3.05) is 44.1 Å². The first-order valence-electron chi connectivity index (χ1n) is 11.1. The van der Waals surface area contributed by atoms with Crippen LogP contribution in [0.3, 0.4) is 0 Å². The van der Waals surface area contributed by atoms with E-state index in [0.29, 0.717) is 41.8 Å². The predicted molar refractivity (Wildman–Crippen MR) is 133 cm³/mol. The fraction of sp³-hybridized carbons (Fsp3) is 0.250. The SMILES string of the molecule is COCCNC(=O)C(c1ccc(F)cc1)N(C(=O)c1snc(C(N)=O)c1N)c1ccc2c(c1)OCCO2. The maximum absolute atomic E-state index is 14.0. The van der Waals surface area contributed by atoms with E-state index in [1.165, 1.54) is 36.3 Å². The van der Waals surface area contributed by atoms with E-state index in [4.69, 9.17) is 25.7 Å². The van der Waals surface area contributed by atoms with Gasteiger partial charge in [-0.1, -0.05) is 12.1 Å². The normalized spacial score (nSPS) is 13.0. The second-order valence-corrected chi connectivity index (χ2v) is 8.65. The summed E-state index contributed by atoms with van der Waals surface area (Å²) in [6.45, 7) is 1.05. The zero-order valence-electron chi connectivity index (χ0n) is 19.7. The molecule has 3 amide bonds. The number of amides is 3. The smallest absolute Gasteiger partial charge is 0.273 e. The first-order chi connectivity index (χ1) is 17.8. The standard InChI is InChI=1S/C24H24FN5O6S/c1-34-9-8-28-23(32)20(13-2-4-14(25)5-3-13)30(15-6-7-16-17(12-15)36-11-10-35-16)24(33)21-18(26)19(22(27)31)29-37-21/h2-7,12,20H,8-11,26H2,1H3,(H2,27,31)(H,28,32). The summed E-state index contributed by atoms with van der Waals surface area (Å²) in [5.41, 5.74) is 11.5. The number of fused-ring (bicyclic) bond motifs is 1. The highest BCUT2D eigenvalue weighted by Gasteiger charge is 2.36. The molecule has 0 fully saturated rings. The maximum Gasteiger partial charge on any atom is 0.273 e. The van der Waals surface area contributed by atoms with E-state index in [9.17, 15) is 18.8 Å². The second-order valence-electron chi connectivity index (χ2n) is 7.88. The van der Waals surface area contributed by atoms with Crippen molar-refractivity contribution < 1.29 is 33.0 Å². The van der Waals surface area contributed by atoms with E-state index in [2.05, 4.69) is 9.69 Å². The van der Waals surface area contributed by atoms with Crippen LogP contribution < -0.4 is 31.2 Å². The number of aromatic nitrogens is 1. The molecule has 0 spiro atoms. The van der Waals surface area contributed by atoms with E-state index in [1.807, 2.05) is 0 Å². The molecular weight excluding hydrogens is 505 g/mol. The first-order valence-corrected chi connectivity index (χ1v) is 11.9. The minimum absolute atomic E-state index is 0.0968. The van der Waals surface area contributed by atoms with Crippen molar-refractivity contribution in [3.05, 3.63) is 64.4 Å². The van der Waals surface area contributed by atoms with Gasteiger partial charge in [-0.15, -0.1) is 0 Å². The Morgan fingerprint density at radius 3 is 2.51 bits per heavy atom. The lowest BCUT2D eigenvalue weighted by Gasteiger charge is -2.32. The molecule has 0 saturated carbocycles. The van der Waals surface area contributed by atoms with Crippen molar-refractivity contribution in [1.29, 1.82) is 0 Å². The number of nitrogens with two attached hydrogens (primary N) is 2. The van der Waals surface area contributed by atoms with E-state index < -0.39 is 29.6 Å². The van der Waals surface area contributed by atoms with E-state index in [1.54, 1.807) is 18.2 Å². The third-order valence-electron chi connectivity index (χ3n) is 5.48. The number of methoxy groups -OCH3 is 1. The molecule has 1 atom stereocenters. The molecule has 2 aromatic carbocycles. The minimum atomic E-state index is -1.27. The third kappa shape index (κ3) is 5.47. The Labute approximate surface area is 215 Å². The molecule has 1 unspecified atom stereocenters. The van der Waals surface area contributed by atoms with Gasteiger partial charge in [-0.25, -0.2) is 4.39 Å². The Morgan fingerprint density at radius 1 is 1.16 bits per heavy atom. The summed E-state index contributed by atoms with van der Waals surface area (Å²) in [6, 6.07) is 8.64. The molecule has 1 aromatic heterocycles. The molecule has 0 radical (unpaired) electrons. The zero-order valence-corrected chi connectivity index (χ0v) is 20.5. The van der Waals surface area contributed by atoms with Crippen LogP contribution in [0.2, 0.25) is 0 Å². The summed E-state index contributed by atoms with van der Waals surface area (Å²) in [7, 11) is 1.48. The largest absolute Gasteiger partial charge is 0.486 e. The topological polar surface area (TPSA) is 159 Å². The number of hydrogen-bond acceptors (Lipinski definition) is 9. The Kier molecular flexibility index (Phi) is 7.84. The average Bonchev–Trinajstić information content (AvgIpc) is 3.29. The van der Waals surface area contributed by atoms with Gasteiger partial charge in [0.05, 0.1) is 12.3 Å². The van der Waals surface area contributed by atoms with Gasteiger partial charge >= 0.3 is 0 Å². The summed E-state index contributed by atoms with van der Waals surface area (Å²) in [4.78, 5) is 40.3. The number of ether oxygens (including phenoxy) is 3. The van der Waals surface area contributed by atoms with Gasteiger partial charge < -0.3 is 31.0 Å². The summed E-state index contributed by atoms with van der Waals surface area (Å²) >= 11 is 0.678. The predicted octanol–water partition coefficient (Wildman–Crippen LogP) is 1.89. The quantitative estimate of drug-likeness (QED) is 0.354. The number of nitrogens with zero attached hydrogens (tertiary/aromatic N) is 2. The van der Waals surface area contributed by atoms with Gasteiger partial charge in [0.15, 0.2) is 17.2 Å². The molecule has 0 saturated heterocycles. The number of hydrogen-bond donors (Lipinski definition) is 3. The lowest BCUT2D eigenvalue weighted by Crippen LogP contribution is -2.44. The second kappa shape index (κ2) is 11.2. The van der Waals surface area contributed by atoms with Crippen LogP contribution >= 0.6 is 11.5 Å². The number of benzene rings is 2. The molecular formula is C24H24FN5O6S. The van der Waals surface area contributed by atoms with Crippen LogP contribution in [0.1, 0.15) is 31.8 Å². The van der Waals surface area contributed by atoms with Crippen molar-refractivity contribution >= 4 is 40.6 Å². The van der Waals surface area contributed by atoms with Gasteiger partial charge in [0.1, 0.15) is 29.9 Å². The summed E-state index contributed by atoms with van der Waals surface area (Å²) in [5, 5.41) is 2.73. The molecule has 1 aliphatic rings. The Bertz CT molecular complexity index is 1320. The molecule has 0 bridgehead atoms. The van der Waals surface area contributed by atoms with Crippen LogP contribution in [-0.2, 0) is 9.53 Å². The van der Waals surface area contributed by atoms with Crippen molar-refractivity contribution in [2.24, 2.45) is 5.73 Å². The average molecular weight is 530 g/mol. The number of carbonyl (C=O) groups excluding carboxylic acids is 3. The molecule has 13 heteroatoms. The van der Waals surface area contributed by atoms with Crippen LogP contribution in [0.25, 0.3) is 0 Å². The van der Waals surface area contributed by atoms with Gasteiger partial charge in [-0.2, -0.15) is 4.37 Å². The summed E-state index contributed by atoms with van der Waals surface area (Å²) in [5.74, 6) is -1.86. The highest BCUT2D eigenvalue weighted by Crippen LogP contribution is 2.39. The van der Waals surface area contributed by atoms with Gasteiger partial charge in [0.25, 0.3) is 11.8 Å². The van der Waals surface area contributed by atoms with E-state index in [0.717, 1.165) is 0 Å². The monoisotopic (exact) mass is 529 g/mol. The number of nitrogen functional groups attached to an aromatic ring is 1. The molecule has 5 N–H and O–H groups in total. The molecule has 37 heavy (non-hydrogen) atoms. The van der Waals surface area contributed by atoms with Crippen molar-refractivity contribution in [3.63, 3.8) is 0 Å². The molecule has 2 heterocycles. The number of halogens is 1. The van der Waals surface area contributed by atoms with Crippen molar-refractivity contribution in [2.45, 2.75) is 6.04 Å². The number of rotatable bonds is 9. The lowest BCUT2D eigenvalue weighted by atomic mass is 10.0. The Balaban J connectivity index is 1.87. The van der Waals surface area contributed by atoms with Gasteiger partial charge in [0, 0.05) is 25.4 Å². The molecule has 4 rings (SSSR count). The summed E-state index contributed by atoms with van der Waals surface area (Å²) < 4.78 is 34.0. The molecule has 0 aliphatic carbocycles.